The van der Waals surface area contributed by atoms with Gasteiger partial charge in [-0.25, -0.2) is 4.98 Å². The molecule has 6 heteroatoms. The van der Waals surface area contributed by atoms with Crippen LogP contribution in [-0.4, -0.2) is 22.8 Å². The zero-order valence-electron chi connectivity index (χ0n) is 11.2. The lowest BCUT2D eigenvalue weighted by molar-refractivity contribution is -0.114. The number of hydrogen-bond acceptors (Lipinski definition) is 4. The van der Waals surface area contributed by atoms with Crippen LogP contribution >= 0.6 is 11.3 Å². The van der Waals surface area contributed by atoms with Crippen LogP contribution in [0.1, 0.15) is 50.0 Å². The second-order valence-corrected chi connectivity index (χ2v) is 6.02. The van der Waals surface area contributed by atoms with Crippen LogP contribution < -0.4 is 10.6 Å². The highest BCUT2D eigenvalue weighted by Crippen LogP contribution is 2.24. The molecule has 0 spiro atoms. The Morgan fingerprint density at radius 1 is 1.42 bits per heavy atom. The predicted octanol–water partition coefficient (Wildman–Crippen LogP) is 2.41. The summed E-state index contributed by atoms with van der Waals surface area (Å²) in [6, 6.07) is 0.252. The molecule has 2 N–H and O–H groups in total. The topological polar surface area (TPSA) is 71.1 Å². The van der Waals surface area contributed by atoms with Crippen LogP contribution in [-0.2, 0) is 4.79 Å². The van der Waals surface area contributed by atoms with Crippen molar-refractivity contribution in [2.75, 3.05) is 5.32 Å². The highest BCUT2D eigenvalue weighted by atomic mass is 32.1. The number of thiazole rings is 1. The summed E-state index contributed by atoms with van der Waals surface area (Å²) in [6.45, 7) is 3.64. The van der Waals surface area contributed by atoms with E-state index in [4.69, 9.17) is 0 Å². The Morgan fingerprint density at radius 2 is 2.21 bits per heavy atom. The molecule has 1 saturated carbocycles. The van der Waals surface area contributed by atoms with E-state index in [2.05, 4.69) is 22.5 Å². The van der Waals surface area contributed by atoms with Gasteiger partial charge in [0.05, 0.1) is 0 Å². The van der Waals surface area contributed by atoms with Gasteiger partial charge in [0, 0.05) is 18.3 Å². The summed E-state index contributed by atoms with van der Waals surface area (Å²) in [4.78, 5) is 27.0. The number of amides is 2. The summed E-state index contributed by atoms with van der Waals surface area (Å²) in [5.41, 5.74) is 0.381. The Labute approximate surface area is 116 Å². The van der Waals surface area contributed by atoms with E-state index in [9.17, 15) is 9.59 Å². The molecule has 0 aliphatic heterocycles. The van der Waals surface area contributed by atoms with Crippen LogP contribution in [0.15, 0.2) is 5.38 Å². The molecule has 0 unspecified atom stereocenters. The SMILES string of the molecule is CC(=O)Nc1nc(C(=O)N[C@H]2CCC[C@@H](C)C2)cs1. The maximum Gasteiger partial charge on any atom is 0.271 e. The number of aromatic nitrogens is 1. The van der Waals surface area contributed by atoms with Gasteiger partial charge in [-0.05, 0) is 18.8 Å². The minimum absolute atomic E-state index is 0.146. The van der Waals surface area contributed by atoms with E-state index in [1.54, 1.807) is 5.38 Å². The largest absolute Gasteiger partial charge is 0.348 e. The van der Waals surface area contributed by atoms with Gasteiger partial charge in [-0.2, -0.15) is 0 Å². The van der Waals surface area contributed by atoms with Crippen molar-refractivity contribution in [3.05, 3.63) is 11.1 Å². The number of rotatable bonds is 3. The van der Waals surface area contributed by atoms with Gasteiger partial charge >= 0.3 is 0 Å². The van der Waals surface area contributed by atoms with Gasteiger partial charge in [-0.1, -0.05) is 19.8 Å². The Morgan fingerprint density at radius 3 is 2.89 bits per heavy atom. The summed E-state index contributed by atoms with van der Waals surface area (Å²) in [5, 5.41) is 7.74. The average molecular weight is 281 g/mol. The van der Waals surface area contributed by atoms with Crippen molar-refractivity contribution in [2.45, 2.75) is 45.6 Å². The van der Waals surface area contributed by atoms with E-state index in [0.717, 1.165) is 12.8 Å². The number of carbonyl (C=O) groups excluding carboxylic acids is 2. The van der Waals surface area contributed by atoms with Crippen LogP contribution in [0.4, 0.5) is 5.13 Å². The van der Waals surface area contributed by atoms with Crippen LogP contribution in [0.3, 0.4) is 0 Å². The minimum Gasteiger partial charge on any atom is -0.348 e. The molecule has 2 rings (SSSR count). The summed E-state index contributed by atoms with van der Waals surface area (Å²) >= 11 is 1.26. The van der Waals surface area contributed by atoms with Crippen LogP contribution in [0, 0.1) is 5.92 Å². The normalized spacial score (nSPS) is 22.8. The van der Waals surface area contributed by atoms with Crippen molar-refractivity contribution >= 4 is 28.3 Å². The standard InChI is InChI=1S/C13H19N3O2S/c1-8-4-3-5-10(6-8)15-12(18)11-7-19-13(16-11)14-9(2)17/h7-8,10H,3-6H2,1-2H3,(H,15,18)(H,14,16,17)/t8-,10+/m1/s1. The molecular weight excluding hydrogens is 262 g/mol. The maximum absolute atomic E-state index is 12.0. The number of carbonyl (C=O) groups is 2. The summed E-state index contributed by atoms with van der Waals surface area (Å²) in [5.74, 6) is 0.346. The lowest BCUT2D eigenvalue weighted by atomic mass is 9.87. The van der Waals surface area contributed by atoms with E-state index in [-0.39, 0.29) is 17.9 Å². The van der Waals surface area contributed by atoms with Gasteiger partial charge in [0.15, 0.2) is 5.13 Å². The van der Waals surface area contributed by atoms with Crippen molar-refractivity contribution in [1.29, 1.82) is 0 Å². The first-order chi connectivity index (χ1) is 9.04. The fourth-order valence-corrected chi connectivity index (χ4v) is 3.15. The molecule has 104 valence electrons. The molecule has 2 atom stereocenters. The first kappa shape index (κ1) is 14.0. The van der Waals surface area contributed by atoms with Gasteiger partial charge in [-0.3, -0.25) is 9.59 Å². The molecule has 1 heterocycles. The summed E-state index contributed by atoms with van der Waals surface area (Å²) in [6.07, 6.45) is 4.49. The molecule has 1 aromatic rings. The number of anilines is 1. The fraction of sp³-hybridized carbons (Fsp3) is 0.615. The smallest absolute Gasteiger partial charge is 0.271 e. The number of nitrogens with zero attached hydrogens (tertiary/aromatic N) is 1. The molecule has 19 heavy (non-hydrogen) atoms. The highest BCUT2D eigenvalue weighted by molar-refractivity contribution is 7.14. The van der Waals surface area contributed by atoms with Crippen molar-refractivity contribution < 1.29 is 9.59 Å². The first-order valence-corrected chi connectivity index (χ1v) is 7.46. The van der Waals surface area contributed by atoms with E-state index < -0.39 is 0 Å². The molecule has 0 bridgehead atoms. The van der Waals surface area contributed by atoms with Crippen molar-refractivity contribution in [3.8, 4) is 0 Å². The molecule has 2 amide bonds. The highest BCUT2D eigenvalue weighted by Gasteiger charge is 2.21. The molecule has 1 fully saturated rings. The summed E-state index contributed by atoms with van der Waals surface area (Å²) < 4.78 is 0. The zero-order chi connectivity index (χ0) is 13.8. The fourth-order valence-electron chi connectivity index (χ4n) is 2.41. The van der Waals surface area contributed by atoms with Crippen LogP contribution in [0.5, 0.6) is 0 Å². The summed E-state index contributed by atoms with van der Waals surface area (Å²) in [7, 11) is 0. The van der Waals surface area contributed by atoms with Crippen molar-refractivity contribution in [2.24, 2.45) is 5.92 Å². The molecular formula is C13H19N3O2S. The van der Waals surface area contributed by atoms with Crippen LogP contribution in [0.2, 0.25) is 0 Å². The van der Waals surface area contributed by atoms with E-state index in [0.29, 0.717) is 16.7 Å². The third-order valence-electron chi connectivity index (χ3n) is 3.29. The molecule has 0 aromatic carbocycles. The lowest BCUT2D eigenvalue weighted by Gasteiger charge is -2.27. The monoisotopic (exact) mass is 281 g/mol. The average Bonchev–Trinajstić information content (AvgIpc) is 2.76. The quantitative estimate of drug-likeness (QED) is 0.893. The Hall–Kier alpha value is -1.43. The molecule has 0 radical (unpaired) electrons. The van der Waals surface area contributed by atoms with Gasteiger partial charge in [0.25, 0.3) is 5.91 Å². The zero-order valence-corrected chi connectivity index (χ0v) is 12.0. The van der Waals surface area contributed by atoms with Crippen molar-refractivity contribution in [1.82, 2.24) is 10.3 Å². The minimum atomic E-state index is -0.178. The van der Waals surface area contributed by atoms with Crippen molar-refractivity contribution in [3.63, 3.8) is 0 Å². The Kier molecular flexibility index (Phi) is 4.52. The molecule has 0 saturated heterocycles. The van der Waals surface area contributed by atoms with E-state index >= 15 is 0 Å². The molecule has 1 aliphatic rings. The van der Waals surface area contributed by atoms with Gasteiger partial charge in [-0.15, -0.1) is 11.3 Å². The van der Waals surface area contributed by atoms with Gasteiger partial charge in [0.1, 0.15) is 5.69 Å². The number of hydrogen-bond donors (Lipinski definition) is 2. The van der Waals surface area contributed by atoms with Gasteiger partial charge < -0.3 is 10.6 Å². The van der Waals surface area contributed by atoms with E-state index in [1.807, 2.05) is 0 Å². The molecule has 1 aliphatic carbocycles. The predicted molar refractivity (Wildman–Crippen MR) is 75.3 cm³/mol. The van der Waals surface area contributed by atoms with E-state index in [1.165, 1.54) is 31.1 Å². The second-order valence-electron chi connectivity index (χ2n) is 5.16. The van der Waals surface area contributed by atoms with Gasteiger partial charge in [0.2, 0.25) is 5.91 Å². The maximum atomic E-state index is 12.0. The third kappa shape index (κ3) is 4.02. The number of nitrogens with one attached hydrogen (secondary N) is 2. The Bertz CT molecular complexity index is 472. The Balaban J connectivity index is 1.92. The molecule has 1 aromatic heterocycles. The van der Waals surface area contributed by atoms with Crippen LogP contribution in [0.25, 0.3) is 0 Å². The first-order valence-electron chi connectivity index (χ1n) is 6.58. The molecule has 5 nitrogen and oxygen atoms in total. The second kappa shape index (κ2) is 6.14. The third-order valence-corrected chi connectivity index (χ3v) is 4.05. The lowest BCUT2D eigenvalue weighted by Crippen LogP contribution is -2.38.